The van der Waals surface area contributed by atoms with E-state index >= 15 is 0 Å². The van der Waals surface area contributed by atoms with Crippen LogP contribution in [0.5, 0.6) is 11.5 Å². The van der Waals surface area contributed by atoms with Crippen molar-refractivity contribution in [2.24, 2.45) is 0 Å². The van der Waals surface area contributed by atoms with Crippen molar-refractivity contribution in [2.45, 2.75) is 48.9 Å². The van der Waals surface area contributed by atoms with E-state index in [4.69, 9.17) is 10.5 Å². The number of phenols is 2. The van der Waals surface area contributed by atoms with Crippen molar-refractivity contribution in [3.63, 3.8) is 0 Å². The van der Waals surface area contributed by atoms with E-state index in [9.17, 15) is 19.8 Å². The van der Waals surface area contributed by atoms with Crippen LogP contribution in [0, 0.1) is 0 Å². The molecule has 1 aliphatic heterocycles. The number of hydrogen-bond acceptors (Lipinski definition) is 10. The number of esters is 1. The second-order valence-corrected chi connectivity index (χ2v) is 9.74. The summed E-state index contributed by atoms with van der Waals surface area (Å²) in [5.74, 6) is -0.956. The summed E-state index contributed by atoms with van der Waals surface area (Å²) >= 11 is 4.69. The van der Waals surface area contributed by atoms with Crippen LogP contribution in [-0.4, -0.2) is 65.7 Å². The molecule has 3 aromatic rings. The van der Waals surface area contributed by atoms with Gasteiger partial charge >= 0.3 is 5.97 Å². The van der Waals surface area contributed by atoms with E-state index in [1.165, 1.54) is 37.1 Å². The number of imidazole rings is 1. The van der Waals surface area contributed by atoms with Gasteiger partial charge in [-0.2, -0.15) is 0 Å². The van der Waals surface area contributed by atoms with Gasteiger partial charge in [0.15, 0.2) is 39.7 Å². The molecule has 4 N–H and O–H groups in total. The molecular weight excluding hydrogens is 528 g/mol. The van der Waals surface area contributed by atoms with Crippen LogP contribution in [0.15, 0.2) is 33.0 Å². The van der Waals surface area contributed by atoms with Gasteiger partial charge < -0.3 is 25.6 Å². The van der Waals surface area contributed by atoms with Gasteiger partial charge in [0.25, 0.3) is 5.91 Å². The molecule has 1 fully saturated rings. The summed E-state index contributed by atoms with van der Waals surface area (Å²) in [5, 5.41) is 20.3. The van der Waals surface area contributed by atoms with Crippen LogP contribution in [0.4, 0.5) is 5.82 Å². The first-order chi connectivity index (χ1) is 16.2. The number of rotatable bonds is 5. The molecule has 0 saturated carbocycles. The Balaban J connectivity index is 1.63. The minimum absolute atomic E-state index is 0.0284. The summed E-state index contributed by atoms with van der Waals surface area (Å²) in [6.07, 6.45) is 1.81. The molecule has 1 amide bonds. The number of carbonyl (C=O) groups is 2. The van der Waals surface area contributed by atoms with Crippen molar-refractivity contribution in [3.05, 3.63) is 22.9 Å². The Labute approximate surface area is 207 Å². The Bertz CT molecular complexity index is 1260. The average Bonchev–Trinajstić information content (AvgIpc) is 3.16. The number of benzene rings is 1. The number of carbonyl (C=O) groups excluding carboxylic acids is 2. The highest BCUT2D eigenvalue weighted by Gasteiger charge is 2.31. The Morgan fingerprint density at radius 1 is 1.24 bits per heavy atom. The Morgan fingerprint density at radius 2 is 1.91 bits per heavy atom. The highest BCUT2D eigenvalue weighted by molar-refractivity contribution is 9.10. The standard InChI is InChI=1S/C21H23BrN6O5S/c1-10(33-11(2)29)20(32)27-5-3-12(4-6-27)28-19-17(18(23)24-9-25-19)26-21(28)34-16-8-15(31)14(30)7-13(16)22/h7-10,12,30-31H,3-6H2,1-2H3,(H2,23,24,25)/t10-/m0/s1. The van der Waals surface area contributed by atoms with Gasteiger partial charge in [0.2, 0.25) is 0 Å². The summed E-state index contributed by atoms with van der Waals surface area (Å²) < 4.78 is 7.59. The first-order valence-corrected chi connectivity index (χ1v) is 12.1. The molecule has 1 atom stereocenters. The van der Waals surface area contributed by atoms with Gasteiger partial charge in [-0.05, 0) is 47.8 Å². The van der Waals surface area contributed by atoms with Gasteiger partial charge in [-0.3, -0.25) is 14.2 Å². The first-order valence-electron chi connectivity index (χ1n) is 10.5. The van der Waals surface area contributed by atoms with E-state index in [2.05, 4.69) is 30.9 Å². The highest BCUT2D eigenvalue weighted by Crippen LogP contribution is 2.42. The summed E-state index contributed by atoms with van der Waals surface area (Å²) in [7, 11) is 0. The number of amides is 1. The van der Waals surface area contributed by atoms with Gasteiger partial charge in [-0.1, -0.05) is 11.8 Å². The number of nitrogens with zero attached hydrogens (tertiary/aromatic N) is 5. The fraction of sp³-hybridized carbons (Fsp3) is 0.381. The zero-order valence-electron chi connectivity index (χ0n) is 18.4. The minimum atomic E-state index is -0.832. The summed E-state index contributed by atoms with van der Waals surface area (Å²) in [6, 6.07) is 2.83. The lowest BCUT2D eigenvalue weighted by Crippen LogP contribution is -2.44. The van der Waals surface area contributed by atoms with Crippen molar-refractivity contribution in [1.29, 1.82) is 0 Å². The summed E-state index contributed by atoms with van der Waals surface area (Å²) in [4.78, 5) is 39.3. The fourth-order valence-electron chi connectivity index (χ4n) is 3.92. The zero-order valence-corrected chi connectivity index (χ0v) is 20.8. The van der Waals surface area contributed by atoms with Crippen molar-refractivity contribution < 1.29 is 24.5 Å². The third-order valence-corrected chi connectivity index (χ3v) is 7.48. The van der Waals surface area contributed by atoms with E-state index in [1.807, 2.05) is 4.57 Å². The molecule has 1 aromatic carbocycles. The van der Waals surface area contributed by atoms with Crippen LogP contribution in [0.25, 0.3) is 11.2 Å². The van der Waals surface area contributed by atoms with Crippen LogP contribution in [0.2, 0.25) is 0 Å². The molecule has 0 radical (unpaired) electrons. The van der Waals surface area contributed by atoms with Crippen molar-refractivity contribution in [3.8, 4) is 11.5 Å². The van der Waals surface area contributed by atoms with E-state index < -0.39 is 12.1 Å². The quantitative estimate of drug-likeness (QED) is 0.318. The Kier molecular flexibility index (Phi) is 6.84. The Morgan fingerprint density at radius 3 is 2.59 bits per heavy atom. The van der Waals surface area contributed by atoms with E-state index in [1.54, 1.807) is 11.8 Å². The highest BCUT2D eigenvalue weighted by atomic mass is 79.9. The minimum Gasteiger partial charge on any atom is -0.504 e. The molecule has 2 aromatic heterocycles. The van der Waals surface area contributed by atoms with Gasteiger partial charge in [0.1, 0.15) is 6.33 Å². The number of nitrogen functional groups attached to an aromatic ring is 1. The lowest BCUT2D eigenvalue weighted by molar-refractivity contribution is -0.158. The number of piperidine rings is 1. The van der Waals surface area contributed by atoms with Crippen LogP contribution in [0.3, 0.4) is 0 Å². The number of aromatic hydroxyl groups is 2. The average molecular weight is 551 g/mol. The molecule has 0 bridgehead atoms. The molecule has 13 heteroatoms. The number of aromatic nitrogens is 4. The van der Waals surface area contributed by atoms with Crippen LogP contribution in [-0.2, 0) is 14.3 Å². The van der Waals surface area contributed by atoms with Gasteiger partial charge in [0.05, 0.1) is 0 Å². The molecule has 0 aliphatic carbocycles. The van der Waals surface area contributed by atoms with Crippen molar-refractivity contribution >= 4 is 56.6 Å². The first kappa shape index (κ1) is 24.1. The molecule has 180 valence electrons. The number of halogens is 1. The summed E-state index contributed by atoms with van der Waals surface area (Å²) in [6.45, 7) is 3.80. The summed E-state index contributed by atoms with van der Waals surface area (Å²) in [5.41, 5.74) is 7.10. The maximum absolute atomic E-state index is 12.6. The number of ether oxygens (including phenoxy) is 1. The number of nitrogens with two attached hydrogens (primary N) is 1. The second kappa shape index (κ2) is 9.66. The number of fused-ring (bicyclic) bond motifs is 1. The smallest absolute Gasteiger partial charge is 0.303 e. The van der Waals surface area contributed by atoms with Crippen LogP contribution >= 0.6 is 27.7 Å². The maximum atomic E-state index is 12.6. The molecule has 1 saturated heterocycles. The molecule has 4 rings (SSSR count). The molecule has 11 nitrogen and oxygen atoms in total. The van der Waals surface area contributed by atoms with Crippen molar-refractivity contribution in [2.75, 3.05) is 18.8 Å². The monoisotopic (exact) mass is 550 g/mol. The molecule has 0 unspecified atom stereocenters. The Hall–Kier alpha value is -3.06. The molecule has 34 heavy (non-hydrogen) atoms. The topological polar surface area (TPSA) is 157 Å². The van der Waals surface area contributed by atoms with Crippen molar-refractivity contribution in [1.82, 2.24) is 24.4 Å². The molecule has 1 aliphatic rings. The third-order valence-electron chi connectivity index (χ3n) is 5.54. The number of phenolic OH excluding ortho intramolecular Hbond substituents is 2. The molecular formula is C21H23BrN6O5S. The van der Waals surface area contributed by atoms with Gasteiger partial charge in [0, 0.05) is 35.4 Å². The fourth-order valence-corrected chi connectivity index (χ4v) is 5.49. The van der Waals surface area contributed by atoms with E-state index in [0.29, 0.717) is 51.6 Å². The number of hydrogen-bond donors (Lipinski definition) is 3. The van der Waals surface area contributed by atoms with Gasteiger partial charge in [-0.15, -0.1) is 0 Å². The lowest BCUT2D eigenvalue weighted by Gasteiger charge is -2.34. The largest absolute Gasteiger partial charge is 0.504 e. The zero-order chi connectivity index (χ0) is 24.6. The maximum Gasteiger partial charge on any atom is 0.303 e. The predicted molar refractivity (Wildman–Crippen MR) is 127 cm³/mol. The lowest BCUT2D eigenvalue weighted by atomic mass is 10.0. The normalized spacial score (nSPS) is 15.4. The van der Waals surface area contributed by atoms with Crippen LogP contribution in [0.1, 0.15) is 32.7 Å². The number of likely N-dealkylation sites (tertiary alicyclic amines) is 1. The van der Waals surface area contributed by atoms with Crippen LogP contribution < -0.4 is 5.73 Å². The second-order valence-electron chi connectivity index (χ2n) is 7.88. The molecule has 0 spiro atoms. The number of anilines is 1. The van der Waals surface area contributed by atoms with Gasteiger partial charge in [-0.25, -0.2) is 15.0 Å². The van der Waals surface area contributed by atoms with E-state index in [0.717, 1.165) is 0 Å². The van der Waals surface area contributed by atoms with E-state index in [-0.39, 0.29) is 29.3 Å². The SMILES string of the molecule is CC(=O)O[C@@H](C)C(=O)N1CCC(n2c(Sc3cc(O)c(O)cc3Br)nc3c(N)ncnc32)CC1. The predicted octanol–water partition coefficient (Wildman–Crippen LogP) is 2.85. The third kappa shape index (κ3) is 4.75. The molecule has 3 heterocycles.